The van der Waals surface area contributed by atoms with Crippen LogP contribution in [-0.4, -0.2) is 17.0 Å². The molecule has 1 heterocycles. The third-order valence-electron chi connectivity index (χ3n) is 2.78. The lowest BCUT2D eigenvalue weighted by Crippen LogP contribution is -2.26. The van der Waals surface area contributed by atoms with Gasteiger partial charge in [0.1, 0.15) is 11.9 Å². The van der Waals surface area contributed by atoms with Gasteiger partial charge in [-0.15, -0.1) is 0 Å². The van der Waals surface area contributed by atoms with Gasteiger partial charge in [0, 0.05) is 11.1 Å². The maximum Gasteiger partial charge on any atom is 0.135 e. The molecule has 1 unspecified atom stereocenters. The van der Waals surface area contributed by atoms with E-state index in [0.29, 0.717) is 5.84 Å². The van der Waals surface area contributed by atoms with Crippen molar-refractivity contribution < 1.29 is 5.11 Å². The van der Waals surface area contributed by atoms with Gasteiger partial charge in [0.25, 0.3) is 0 Å². The Morgan fingerprint density at radius 1 is 1.19 bits per heavy atom. The van der Waals surface area contributed by atoms with Crippen LogP contribution in [0.4, 0.5) is 11.4 Å². The minimum Gasteiger partial charge on any atom is -0.385 e. The Hall–Kier alpha value is -1.87. The maximum atomic E-state index is 9.56. The molecule has 16 heavy (non-hydrogen) atoms. The van der Waals surface area contributed by atoms with Crippen molar-refractivity contribution in [3.63, 3.8) is 0 Å². The molecule has 1 aliphatic rings. The molecule has 0 aromatic heterocycles. The van der Waals surface area contributed by atoms with Gasteiger partial charge in [-0.3, -0.25) is 0 Å². The predicted molar refractivity (Wildman–Crippen MR) is 66.3 cm³/mol. The number of benzene rings is 2. The van der Waals surface area contributed by atoms with Gasteiger partial charge in [0.2, 0.25) is 0 Å². The zero-order chi connectivity index (χ0) is 11.1. The van der Waals surface area contributed by atoms with Gasteiger partial charge in [0.15, 0.2) is 0 Å². The van der Waals surface area contributed by atoms with Gasteiger partial charge in [-0.2, -0.15) is 0 Å². The fourth-order valence-electron chi connectivity index (χ4n) is 2.01. The SMILES string of the molecule is CC(O)C1=Nc2cccc3cccc(c23)N1. The minimum atomic E-state index is -0.580. The van der Waals surface area contributed by atoms with E-state index < -0.39 is 6.10 Å². The second kappa shape index (κ2) is 3.32. The van der Waals surface area contributed by atoms with Gasteiger partial charge < -0.3 is 10.4 Å². The predicted octanol–water partition coefficient (Wildman–Crippen LogP) is 2.68. The number of aliphatic imine (C=N–C) groups is 1. The number of anilines is 1. The number of nitrogens with zero attached hydrogens (tertiary/aromatic N) is 1. The van der Waals surface area contributed by atoms with Crippen LogP contribution in [0.15, 0.2) is 41.4 Å². The van der Waals surface area contributed by atoms with Crippen molar-refractivity contribution in [3.05, 3.63) is 36.4 Å². The highest BCUT2D eigenvalue weighted by molar-refractivity contribution is 6.14. The average molecular weight is 212 g/mol. The van der Waals surface area contributed by atoms with E-state index in [9.17, 15) is 5.11 Å². The van der Waals surface area contributed by atoms with Gasteiger partial charge in [-0.1, -0.05) is 24.3 Å². The number of amidine groups is 1. The molecule has 3 nitrogen and oxygen atoms in total. The monoisotopic (exact) mass is 212 g/mol. The smallest absolute Gasteiger partial charge is 0.135 e. The van der Waals surface area contributed by atoms with E-state index >= 15 is 0 Å². The Labute approximate surface area is 93.4 Å². The molecule has 80 valence electrons. The van der Waals surface area contributed by atoms with Crippen molar-refractivity contribution in [2.24, 2.45) is 4.99 Å². The molecule has 1 atom stereocenters. The highest BCUT2D eigenvalue weighted by atomic mass is 16.3. The Morgan fingerprint density at radius 3 is 2.69 bits per heavy atom. The highest BCUT2D eigenvalue weighted by Crippen LogP contribution is 2.35. The van der Waals surface area contributed by atoms with Gasteiger partial charge in [0.05, 0.1) is 5.69 Å². The van der Waals surface area contributed by atoms with Crippen LogP contribution in [0.25, 0.3) is 10.8 Å². The molecule has 0 spiro atoms. The summed E-state index contributed by atoms with van der Waals surface area (Å²) in [6, 6.07) is 12.1. The molecule has 0 bridgehead atoms. The lowest BCUT2D eigenvalue weighted by Gasteiger charge is -2.20. The van der Waals surface area contributed by atoms with Crippen LogP contribution in [0.1, 0.15) is 6.92 Å². The van der Waals surface area contributed by atoms with E-state index in [4.69, 9.17) is 0 Å². The molecule has 0 fully saturated rings. The Kier molecular flexibility index (Phi) is 1.94. The summed E-state index contributed by atoms with van der Waals surface area (Å²) in [5.74, 6) is 0.603. The molecular weight excluding hydrogens is 200 g/mol. The number of nitrogens with one attached hydrogen (secondary N) is 1. The topological polar surface area (TPSA) is 44.6 Å². The first kappa shape index (κ1) is 9.36. The molecule has 0 aliphatic carbocycles. The standard InChI is InChI=1S/C13H12N2O/c1-8(16)13-14-10-6-2-4-9-5-3-7-11(15-13)12(9)10/h2-8,16H,1H3,(H,14,15). The van der Waals surface area contributed by atoms with E-state index in [0.717, 1.165) is 22.1 Å². The van der Waals surface area contributed by atoms with Crippen LogP contribution in [-0.2, 0) is 0 Å². The van der Waals surface area contributed by atoms with Crippen LogP contribution >= 0.6 is 0 Å². The molecule has 1 aliphatic heterocycles. The quantitative estimate of drug-likeness (QED) is 0.763. The van der Waals surface area contributed by atoms with Crippen LogP contribution in [0.5, 0.6) is 0 Å². The van der Waals surface area contributed by atoms with Crippen molar-refractivity contribution in [2.75, 3.05) is 5.32 Å². The zero-order valence-electron chi connectivity index (χ0n) is 8.94. The van der Waals surface area contributed by atoms with Gasteiger partial charge in [-0.05, 0) is 24.4 Å². The Bertz CT molecular complexity index is 582. The van der Waals surface area contributed by atoms with E-state index in [1.807, 2.05) is 24.3 Å². The summed E-state index contributed by atoms with van der Waals surface area (Å²) >= 11 is 0. The van der Waals surface area contributed by atoms with E-state index in [2.05, 4.69) is 22.4 Å². The molecule has 2 aromatic rings. The fraction of sp³-hybridized carbons (Fsp3) is 0.154. The largest absolute Gasteiger partial charge is 0.385 e. The van der Waals surface area contributed by atoms with Crippen LogP contribution < -0.4 is 5.32 Å². The highest BCUT2D eigenvalue weighted by Gasteiger charge is 2.16. The zero-order valence-corrected chi connectivity index (χ0v) is 8.94. The second-order valence-corrected chi connectivity index (χ2v) is 3.98. The number of hydrogen-bond acceptors (Lipinski definition) is 3. The van der Waals surface area contributed by atoms with Crippen molar-refractivity contribution in [2.45, 2.75) is 13.0 Å². The van der Waals surface area contributed by atoms with Crippen molar-refractivity contribution in [1.29, 1.82) is 0 Å². The molecular formula is C13H12N2O. The van der Waals surface area contributed by atoms with Crippen LogP contribution in [0.2, 0.25) is 0 Å². The first-order chi connectivity index (χ1) is 7.75. The van der Waals surface area contributed by atoms with E-state index in [-0.39, 0.29) is 0 Å². The summed E-state index contributed by atoms with van der Waals surface area (Å²) in [4.78, 5) is 4.42. The summed E-state index contributed by atoms with van der Waals surface area (Å²) < 4.78 is 0. The molecule has 0 radical (unpaired) electrons. The number of rotatable bonds is 1. The maximum absolute atomic E-state index is 9.56. The van der Waals surface area contributed by atoms with Crippen molar-refractivity contribution in [1.82, 2.24) is 0 Å². The third kappa shape index (κ3) is 1.29. The lowest BCUT2D eigenvalue weighted by molar-refractivity contribution is 0.262. The third-order valence-corrected chi connectivity index (χ3v) is 2.78. The fourth-order valence-corrected chi connectivity index (χ4v) is 2.01. The average Bonchev–Trinajstić information content (AvgIpc) is 2.29. The second-order valence-electron chi connectivity index (χ2n) is 3.98. The summed E-state index contributed by atoms with van der Waals surface area (Å²) in [6.45, 7) is 1.71. The molecule has 3 heteroatoms. The molecule has 2 N–H and O–H groups in total. The van der Waals surface area contributed by atoms with E-state index in [1.54, 1.807) is 6.92 Å². The summed E-state index contributed by atoms with van der Waals surface area (Å²) in [5.41, 5.74) is 1.93. The first-order valence-corrected chi connectivity index (χ1v) is 5.31. The first-order valence-electron chi connectivity index (χ1n) is 5.31. The molecule has 0 saturated carbocycles. The summed E-state index contributed by atoms with van der Waals surface area (Å²) in [5, 5.41) is 15.0. The number of hydrogen-bond donors (Lipinski definition) is 2. The van der Waals surface area contributed by atoms with Crippen LogP contribution in [0.3, 0.4) is 0 Å². The molecule has 0 amide bonds. The Morgan fingerprint density at radius 2 is 1.94 bits per heavy atom. The van der Waals surface area contributed by atoms with E-state index in [1.165, 1.54) is 0 Å². The Balaban J connectivity index is 2.32. The van der Waals surface area contributed by atoms with Gasteiger partial charge in [-0.25, -0.2) is 4.99 Å². The normalized spacial score (nSPS) is 15.5. The van der Waals surface area contributed by atoms with Crippen LogP contribution in [0, 0.1) is 0 Å². The van der Waals surface area contributed by atoms with Crippen molar-refractivity contribution >= 4 is 28.0 Å². The lowest BCUT2D eigenvalue weighted by atomic mass is 10.1. The number of aliphatic hydroxyl groups excluding tert-OH is 1. The molecule has 3 rings (SSSR count). The molecule has 0 saturated heterocycles. The van der Waals surface area contributed by atoms with Crippen molar-refractivity contribution in [3.8, 4) is 0 Å². The molecule has 2 aromatic carbocycles. The van der Waals surface area contributed by atoms with Gasteiger partial charge >= 0.3 is 0 Å². The summed E-state index contributed by atoms with van der Waals surface area (Å²) in [6.07, 6.45) is -0.580. The summed E-state index contributed by atoms with van der Waals surface area (Å²) in [7, 11) is 0. The minimum absolute atomic E-state index is 0.580. The number of aliphatic hydroxyl groups is 1.